The average Bonchev–Trinajstić information content (AvgIpc) is 3.12. The first-order valence-corrected chi connectivity index (χ1v) is 6.09. The number of fused-ring (bicyclic) bond motifs is 1. The minimum atomic E-state index is -0.753. The second-order valence-electron chi connectivity index (χ2n) is 5.05. The fourth-order valence-electron chi connectivity index (χ4n) is 2.13. The van der Waals surface area contributed by atoms with Crippen LogP contribution in [0.1, 0.15) is 12.8 Å². The van der Waals surface area contributed by atoms with Crippen LogP contribution in [0.15, 0.2) is 27.4 Å². The molecule has 2 aromatic rings. The van der Waals surface area contributed by atoms with E-state index in [-0.39, 0.29) is 0 Å². The van der Waals surface area contributed by atoms with E-state index in [0.29, 0.717) is 30.5 Å². The molecule has 0 radical (unpaired) electrons. The molecule has 1 aromatic carbocycles. The van der Waals surface area contributed by atoms with Crippen LogP contribution in [-0.4, -0.2) is 22.2 Å². The van der Waals surface area contributed by atoms with Crippen molar-refractivity contribution in [2.45, 2.75) is 12.8 Å². The molecule has 1 aliphatic carbocycles. The molecule has 0 bridgehead atoms. The van der Waals surface area contributed by atoms with Crippen LogP contribution in [-0.2, 0) is 11.8 Å². The Kier molecular flexibility index (Phi) is 2.41. The van der Waals surface area contributed by atoms with E-state index in [2.05, 4.69) is 5.32 Å². The summed E-state index contributed by atoms with van der Waals surface area (Å²) in [5.74, 6) is -1.16. The molecule has 2 N–H and O–H groups in total. The standard InChI is InChI=1S/C13H14N2O4/c1-15-9-6-8(2-3-10(9)19-12(15)18)14-7-13(4-5-13)11(16)17/h2-3,6,14H,4-5,7H2,1H3,(H,16,17). The van der Waals surface area contributed by atoms with Gasteiger partial charge < -0.3 is 14.8 Å². The number of anilines is 1. The van der Waals surface area contributed by atoms with E-state index in [9.17, 15) is 9.59 Å². The van der Waals surface area contributed by atoms with Crippen LogP contribution < -0.4 is 11.1 Å². The first-order chi connectivity index (χ1) is 9.02. The van der Waals surface area contributed by atoms with Crippen molar-refractivity contribution >= 4 is 22.8 Å². The van der Waals surface area contributed by atoms with E-state index in [0.717, 1.165) is 5.69 Å². The zero-order chi connectivity index (χ0) is 13.6. The maximum absolute atomic E-state index is 11.4. The Morgan fingerprint density at radius 2 is 2.26 bits per heavy atom. The van der Waals surface area contributed by atoms with E-state index in [1.807, 2.05) is 0 Å². The minimum absolute atomic E-state index is 0.402. The molecule has 3 rings (SSSR count). The predicted octanol–water partition coefficient (Wildman–Crippen LogP) is 1.41. The second kappa shape index (κ2) is 3.88. The molecule has 0 aliphatic heterocycles. The topological polar surface area (TPSA) is 84.5 Å². The highest BCUT2D eigenvalue weighted by Gasteiger charge is 2.49. The molecule has 0 atom stereocenters. The Hall–Kier alpha value is -2.24. The fourth-order valence-corrected chi connectivity index (χ4v) is 2.13. The maximum Gasteiger partial charge on any atom is 0.419 e. The highest BCUT2D eigenvalue weighted by Crippen LogP contribution is 2.45. The molecule has 19 heavy (non-hydrogen) atoms. The van der Waals surface area contributed by atoms with Crippen LogP contribution in [0.5, 0.6) is 0 Å². The lowest BCUT2D eigenvalue weighted by Gasteiger charge is -2.12. The number of carbonyl (C=O) groups is 1. The number of carboxylic acid groups (broad SMARTS) is 1. The van der Waals surface area contributed by atoms with Crippen molar-refractivity contribution in [1.82, 2.24) is 4.57 Å². The van der Waals surface area contributed by atoms with Crippen molar-refractivity contribution in [1.29, 1.82) is 0 Å². The smallest absolute Gasteiger partial charge is 0.419 e. The monoisotopic (exact) mass is 262 g/mol. The van der Waals surface area contributed by atoms with Gasteiger partial charge in [0.2, 0.25) is 0 Å². The molecule has 0 spiro atoms. The Bertz CT molecular complexity index is 709. The van der Waals surface area contributed by atoms with Crippen molar-refractivity contribution in [2.75, 3.05) is 11.9 Å². The number of hydrogen-bond donors (Lipinski definition) is 2. The molecule has 100 valence electrons. The third-order valence-corrected chi connectivity index (χ3v) is 3.73. The van der Waals surface area contributed by atoms with Gasteiger partial charge in [-0.1, -0.05) is 0 Å². The molecule has 1 saturated carbocycles. The zero-order valence-electron chi connectivity index (χ0n) is 10.5. The zero-order valence-corrected chi connectivity index (χ0v) is 10.5. The minimum Gasteiger partial charge on any atom is -0.481 e. The van der Waals surface area contributed by atoms with Gasteiger partial charge >= 0.3 is 11.7 Å². The quantitative estimate of drug-likeness (QED) is 0.870. The lowest BCUT2D eigenvalue weighted by Crippen LogP contribution is -2.24. The number of aliphatic carboxylic acids is 1. The molecular formula is C13H14N2O4. The summed E-state index contributed by atoms with van der Waals surface area (Å²) in [4.78, 5) is 22.4. The summed E-state index contributed by atoms with van der Waals surface area (Å²) in [5, 5.41) is 12.2. The number of oxazole rings is 1. The van der Waals surface area contributed by atoms with Crippen LogP contribution in [0.4, 0.5) is 5.69 Å². The van der Waals surface area contributed by atoms with Gasteiger partial charge in [0.1, 0.15) is 0 Å². The molecule has 6 heteroatoms. The lowest BCUT2D eigenvalue weighted by molar-refractivity contribution is -0.142. The highest BCUT2D eigenvalue weighted by molar-refractivity contribution is 5.80. The summed E-state index contributed by atoms with van der Waals surface area (Å²) < 4.78 is 6.46. The molecule has 0 amide bonds. The molecular weight excluding hydrogens is 248 g/mol. The summed E-state index contributed by atoms with van der Waals surface area (Å²) in [5.41, 5.74) is 1.39. The van der Waals surface area contributed by atoms with Gasteiger partial charge in [-0.3, -0.25) is 9.36 Å². The number of hydrogen-bond acceptors (Lipinski definition) is 4. The van der Waals surface area contributed by atoms with Crippen LogP contribution >= 0.6 is 0 Å². The van der Waals surface area contributed by atoms with Gasteiger partial charge in [-0.15, -0.1) is 0 Å². The summed E-state index contributed by atoms with van der Waals surface area (Å²) >= 11 is 0. The Morgan fingerprint density at radius 1 is 1.53 bits per heavy atom. The third-order valence-electron chi connectivity index (χ3n) is 3.73. The SMILES string of the molecule is Cn1c(=O)oc2ccc(NCC3(C(=O)O)CC3)cc21. The predicted molar refractivity (Wildman–Crippen MR) is 69.2 cm³/mol. The molecule has 6 nitrogen and oxygen atoms in total. The van der Waals surface area contributed by atoms with Crippen molar-refractivity contribution in [2.24, 2.45) is 12.5 Å². The molecule has 1 aromatic heterocycles. The van der Waals surface area contributed by atoms with Crippen LogP contribution in [0.3, 0.4) is 0 Å². The largest absolute Gasteiger partial charge is 0.481 e. The number of aromatic nitrogens is 1. The van der Waals surface area contributed by atoms with Crippen LogP contribution in [0, 0.1) is 5.41 Å². The van der Waals surface area contributed by atoms with Crippen LogP contribution in [0.25, 0.3) is 11.1 Å². The number of aryl methyl sites for hydroxylation is 1. The van der Waals surface area contributed by atoms with Gasteiger partial charge in [-0.25, -0.2) is 4.79 Å². The van der Waals surface area contributed by atoms with Crippen molar-refractivity contribution in [3.8, 4) is 0 Å². The van der Waals surface area contributed by atoms with E-state index in [1.165, 1.54) is 4.57 Å². The molecule has 0 saturated heterocycles. The van der Waals surface area contributed by atoms with Gasteiger partial charge in [-0.05, 0) is 31.0 Å². The molecule has 1 fully saturated rings. The number of benzene rings is 1. The molecule has 0 unspecified atom stereocenters. The summed E-state index contributed by atoms with van der Waals surface area (Å²) in [6.45, 7) is 0.402. The number of rotatable bonds is 4. The fraction of sp³-hybridized carbons (Fsp3) is 0.385. The molecule has 1 aliphatic rings. The van der Waals surface area contributed by atoms with Gasteiger partial charge in [0.25, 0.3) is 0 Å². The number of nitrogens with one attached hydrogen (secondary N) is 1. The first kappa shape index (κ1) is 11.8. The maximum atomic E-state index is 11.4. The summed E-state index contributed by atoms with van der Waals surface area (Å²) in [7, 11) is 1.64. The van der Waals surface area contributed by atoms with Crippen molar-refractivity contribution in [3.63, 3.8) is 0 Å². The lowest BCUT2D eigenvalue weighted by atomic mass is 10.1. The second-order valence-corrected chi connectivity index (χ2v) is 5.05. The molecule has 1 heterocycles. The van der Waals surface area contributed by atoms with Gasteiger partial charge in [0, 0.05) is 19.3 Å². The van der Waals surface area contributed by atoms with Crippen LogP contribution in [0.2, 0.25) is 0 Å². The van der Waals surface area contributed by atoms with Gasteiger partial charge in [0.05, 0.1) is 10.9 Å². The number of nitrogens with zero attached hydrogens (tertiary/aromatic N) is 1. The summed E-state index contributed by atoms with van der Waals surface area (Å²) in [6.07, 6.45) is 1.42. The Balaban J connectivity index is 1.84. The Morgan fingerprint density at radius 3 is 2.89 bits per heavy atom. The normalized spacial score (nSPS) is 16.5. The van der Waals surface area contributed by atoms with Crippen molar-refractivity contribution in [3.05, 3.63) is 28.7 Å². The van der Waals surface area contributed by atoms with E-state index < -0.39 is 17.1 Å². The van der Waals surface area contributed by atoms with Gasteiger partial charge in [-0.2, -0.15) is 0 Å². The van der Waals surface area contributed by atoms with Crippen molar-refractivity contribution < 1.29 is 14.3 Å². The first-order valence-electron chi connectivity index (χ1n) is 6.09. The average molecular weight is 262 g/mol. The Labute approximate surface area is 108 Å². The number of carboxylic acids is 1. The van der Waals surface area contributed by atoms with Gasteiger partial charge in [0.15, 0.2) is 5.58 Å². The third kappa shape index (κ3) is 1.89. The van der Waals surface area contributed by atoms with E-state index >= 15 is 0 Å². The summed E-state index contributed by atoms with van der Waals surface area (Å²) in [6, 6.07) is 5.28. The highest BCUT2D eigenvalue weighted by atomic mass is 16.4. The van der Waals surface area contributed by atoms with E-state index in [4.69, 9.17) is 9.52 Å². The van der Waals surface area contributed by atoms with E-state index in [1.54, 1.807) is 25.2 Å².